The molecule has 1 fully saturated rings. The van der Waals surface area contributed by atoms with Gasteiger partial charge in [-0.15, -0.1) is 11.3 Å². The molecule has 0 amide bonds. The predicted molar refractivity (Wildman–Crippen MR) is 74.3 cm³/mol. The topological polar surface area (TPSA) is 88.6 Å². The number of ether oxygens (including phenoxy) is 1. The molecule has 9 heteroatoms. The Morgan fingerprint density at radius 1 is 1.65 bits per heavy atom. The van der Waals surface area contributed by atoms with E-state index < -0.39 is 16.0 Å². The maximum absolute atomic E-state index is 12.7. The van der Waals surface area contributed by atoms with Gasteiger partial charge >= 0.3 is 5.97 Å². The number of carbonyl (C=O) groups is 1. The van der Waals surface area contributed by atoms with Crippen molar-refractivity contribution in [2.75, 3.05) is 27.2 Å². The minimum atomic E-state index is -3.70. The molecule has 1 atom stereocenters. The van der Waals surface area contributed by atoms with Gasteiger partial charge in [-0.25, -0.2) is 18.2 Å². The Morgan fingerprint density at radius 2 is 2.40 bits per heavy atom. The lowest BCUT2D eigenvalue weighted by atomic mass is 10.2. The number of aromatic nitrogens is 1. The van der Waals surface area contributed by atoms with Gasteiger partial charge in [-0.05, 0) is 19.9 Å². The molecule has 1 aliphatic heterocycles. The van der Waals surface area contributed by atoms with Crippen LogP contribution in [0.5, 0.6) is 0 Å². The zero-order chi connectivity index (χ0) is 14.8. The summed E-state index contributed by atoms with van der Waals surface area (Å²) in [5.41, 5.74) is 1.22. The van der Waals surface area contributed by atoms with Gasteiger partial charge in [0.25, 0.3) is 10.0 Å². The van der Waals surface area contributed by atoms with E-state index in [4.69, 9.17) is 0 Å². The number of carbonyl (C=O) groups excluding carboxylic acids is 1. The highest BCUT2D eigenvalue weighted by Gasteiger charge is 2.38. The lowest BCUT2D eigenvalue weighted by Gasteiger charge is -2.23. The molecule has 1 N–H and O–H groups in total. The lowest BCUT2D eigenvalue weighted by molar-refractivity contribution is 0.0590. The number of esters is 1. The average molecular weight is 319 g/mol. The lowest BCUT2D eigenvalue weighted by Crippen LogP contribution is -2.40. The fourth-order valence-corrected chi connectivity index (χ4v) is 5.26. The summed E-state index contributed by atoms with van der Waals surface area (Å²) in [7, 11) is -0.710. The minimum absolute atomic E-state index is 0.0349. The van der Waals surface area contributed by atoms with Gasteiger partial charge in [0.15, 0.2) is 9.90 Å². The number of nitrogens with zero attached hydrogens (tertiary/aromatic N) is 2. The highest BCUT2D eigenvalue weighted by atomic mass is 32.2. The Bertz CT molecular complexity index is 584. The van der Waals surface area contributed by atoms with E-state index >= 15 is 0 Å². The van der Waals surface area contributed by atoms with Crippen LogP contribution in [0.4, 0.5) is 0 Å². The number of hydrogen-bond donors (Lipinski definition) is 1. The van der Waals surface area contributed by atoms with Crippen molar-refractivity contribution >= 4 is 27.3 Å². The summed E-state index contributed by atoms with van der Waals surface area (Å²) in [6.07, 6.45) is 1.63. The van der Waals surface area contributed by atoms with Crippen molar-refractivity contribution in [1.29, 1.82) is 0 Å². The molecule has 0 radical (unpaired) electrons. The number of likely N-dealkylation sites (N-methyl/N-ethyl adjacent to an activating group) is 1. The number of thiazole rings is 1. The molecule has 2 heterocycles. The third-order valence-electron chi connectivity index (χ3n) is 3.22. The van der Waals surface area contributed by atoms with Crippen molar-refractivity contribution in [3.63, 3.8) is 0 Å². The summed E-state index contributed by atoms with van der Waals surface area (Å²) in [6, 6.07) is -0.0856. The Hall–Kier alpha value is -1.03. The van der Waals surface area contributed by atoms with Crippen molar-refractivity contribution in [1.82, 2.24) is 14.6 Å². The average Bonchev–Trinajstić information content (AvgIpc) is 3.07. The van der Waals surface area contributed by atoms with Crippen molar-refractivity contribution in [2.24, 2.45) is 0 Å². The molecular formula is C11H17N3O4S2. The molecule has 7 nitrogen and oxygen atoms in total. The summed E-state index contributed by atoms with van der Waals surface area (Å²) < 4.78 is 31.4. The molecule has 0 aliphatic carbocycles. The second-order valence-electron chi connectivity index (χ2n) is 4.45. The highest BCUT2D eigenvalue weighted by Crippen LogP contribution is 2.30. The van der Waals surface area contributed by atoms with Gasteiger partial charge in [0, 0.05) is 19.1 Å². The van der Waals surface area contributed by atoms with E-state index in [-0.39, 0.29) is 15.9 Å². The smallest absolute Gasteiger partial charge is 0.358 e. The first-order chi connectivity index (χ1) is 9.52. The maximum Gasteiger partial charge on any atom is 0.358 e. The Morgan fingerprint density at radius 3 is 3.05 bits per heavy atom. The van der Waals surface area contributed by atoms with Crippen LogP contribution in [0, 0.1) is 0 Å². The van der Waals surface area contributed by atoms with E-state index in [1.165, 1.54) is 16.9 Å². The number of hydrogen-bond acceptors (Lipinski definition) is 7. The highest BCUT2D eigenvalue weighted by molar-refractivity contribution is 7.91. The number of sulfonamides is 1. The number of rotatable bonds is 5. The molecule has 1 unspecified atom stereocenters. The summed E-state index contributed by atoms with van der Waals surface area (Å²) in [4.78, 5) is 15.4. The first kappa shape index (κ1) is 15.4. The van der Waals surface area contributed by atoms with Gasteiger partial charge in [0.1, 0.15) is 0 Å². The quantitative estimate of drug-likeness (QED) is 0.786. The van der Waals surface area contributed by atoms with Gasteiger partial charge in [-0.1, -0.05) is 0 Å². The van der Waals surface area contributed by atoms with Gasteiger partial charge in [-0.3, -0.25) is 0 Å². The fraction of sp³-hybridized carbons (Fsp3) is 0.636. The van der Waals surface area contributed by atoms with Crippen LogP contribution in [0.25, 0.3) is 0 Å². The van der Waals surface area contributed by atoms with Gasteiger partial charge in [0.2, 0.25) is 0 Å². The van der Waals surface area contributed by atoms with Crippen LogP contribution in [-0.2, 0) is 14.8 Å². The standard InChI is InChI=1S/C11H17N3O4S2/c1-12-6-8-4-3-5-14(8)20(16,17)11-9(10(15)18-2)13-7-19-11/h7-8,12H,3-6H2,1-2H3. The molecule has 1 aliphatic rings. The van der Waals surface area contributed by atoms with Crippen LogP contribution in [0.15, 0.2) is 9.72 Å². The van der Waals surface area contributed by atoms with E-state index in [0.29, 0.717) is 13.1 Å². The first-order valence-corrected chi connectivity index (χ1v) is 8.52. The molecule has 20 heavy (non-hydrogen) atoms. The Kier molecular flexibility index (Phi) is 4.74. The summed E-state index contributed by atoms with van der Waals surface area (Å²) >= 11 is 0.945. The Balaban J connectivity index is 2.35. The summed E-state index contributed by atoms with van der Waals surface area (Å²) in [5.74, 6) is -0.728. The maximum atomic E-state index is 12.7. The van der Waals surface area contributed by atoms with E-state index in [9.17, 15) is 13.2 Å². The number of methoxy groups -OCH3 is 1. The van der Waals surface area contributed by atoms with Crippen molar-refractivity contribution in [3.8, 4) is 0 Å². The summed E-state index contributed by atoms with van der Waals surface area (Å²) in [6.45, 7) is 1.05. The molecule has 0 saturated carbocycles. The fourth-order valence-electron chi connectivity index (χ4n) is 2.32. The van der Waals surface area contributed by atoms with E-state index in [1.54, 1.807) is 7.05 Å². The van der Waals surface area contributed by atoms with E-state index in [0.717, 1.165) is 24.2 Å². The largest absolute Gasteiger partial charge is 0.464 e. The molecule has 1 saturated heterocycles. The van der Waals surface area contributed by atoms with Crippen LogP contribution >= 0.6 is 11.3 Å². The third-order valence-corrected chi connectivity index (χ3v) is 6.52. The normalized spacial score (nSPS) is 20.2. The predicted octanol–water partition coefficient (Wildman–Crippen LogP) is 0.302. The van der Waals surface area contributed by atoms with Crippen LogP contribution in [0.3, 0.4) is 0 Å². The zero-order valence-electron chi connectivity index (χ0n) is 11.3. The monoisotopic (exact) mass is 319 g/mol. The van der Waals surface area contributed by atoms with Crippen LogP contribution < -0.4 is 5.32 Å². The SMILES string of the molecule is CNCC1CCCN1S(=O)(=O)c1scnc1C(=O)OC. The van der Waals surface area contributed by atoms with Crippen LogP contribution in [0.1, 0.15) is 23.3 Å². The molecular weight excluding hydrogens is 302 g/mol. The molecule has 1 aromatic rings. The van der Waals surface area contributed by atoms with E-state index in [1.807, 2.05) is 0 Å². The number of nitrogens with one attached hydrogen (secondary N) is 1. The van der Waals surface area contributed by atoms with Crippen molar-refractivity contribution < 1.29 is 17.9 Å². The zero-order valence-corrected chi connectivity index (χ0v) is 13.0. The van der Waals surface area contributed by atoms with Crippen molar-refractivity contribution in [2.45, 2.75) is 23.1 Å². The first-order valence-electron chi connectivity index (χ1n) is 6.20. The second kappa shape index (κ2) is 6.17. The molecule has 0 bridgehead atoms. The minimum Gasteiger partial charge on any atom is -0.464 e. The molecule has 2 rings (SSSR count). The van der Waals surface area contributed by atoms with Gasteiger partial charge in [-0.2, -0.15) is 4.31 Å². The molecule has 112 valence electrons. The summed E-state index contributed by atoms with van der Waals surface area (Å²) in [5, 5.41) is 3.00. The van der Waals surface area contributed by atoms with Crippen LogP contribution in [-0.4, -0.2) is 57.0 Å². The molecule has 0 aromatic carbocycles. The van der Waals surface area contributed by atoms with E-state index in [2.05, 4.69) is 15.0 Å². The van der Waals surface area contributed by atoms with Crippen LogP contribution in [0.2, 0.25) is 0 Å². The third kappa shape index (κ3) is 2.71. The Labute approximate surface area is 122 Å². The molecule has 0 spiro atoms. The second-order valence-corrected chi connectivity index (χ2v) is 7.39. The van der Waals surface area contributed by atoms with Gasteiger partial charge < -0.3 is 10.1 Å². The van der Waals surface area contributed by atoms with Crippen molar-refractivity contribution in [3.05, 3.63) is 11.2 Å². The molecule has 1 aromatic heterocycles. The van der Waals surface area contributed by atoms with Gasteiger partial charge in [0.05, 0.1) is 12.6 Å².